The van der Waals surface area contributed by atoms with Gasteiger partial charge < -0.3 is 19.5 Å². The molecule has 0 saturated carbocycles. The van der Waals surface area contributed by atoms with Crippen LogP contribution in [0.5, 0.6) is 11.5 Å². The quantitative estimate of drug-likeness (QED) is 0.667. The highest BCUT2D eigenvalue weighted by Crippen LogP contribution is 2.28. The summed E-state index contributed by atoms with van der Waals surface area (Å²) in [6, 6.07) is 8.93. The number of carbonyl (C=O) groups is 2. The van der Waals surface area contributed by atoms with Crippen LogP contribution in [0, 0.1) is 5.82 Å². The van der Waals surface area contributed by atoms with Gasteiger partial charge in [-0.15, -0.1) is 0 Å². The molecule has 1 atom stereocenters. The zero-order valence-corrected chi connectivity index (χ0v) is 16.5. The summed E-state index contributed by atoms with van der Waals surface area (Å²) in [5.74, 6) is -0.441. The zero-order valence-electron chi connectivity index (χ0n) is 15.8. The summed E-state index contributed by atoms with van der Waals surface area (Å²) in [6.07, 6.45) is -0.527. The van der Waals surface area contributed by atoms with E-state index in [-0.39, 0.29) is 17.1 Å². The van der Waals surface area contributed by atoms with Gasteiger partial charge in [0.2, 0.25) is 0 Å². The highest BCUT2D eigenvalue weighted by Gasteiger charge is 2.19. The number of hydrogen-bond donors (Lipinski definition) is 1. The summed E-state index contributed by atoms with van der Waals surface area (Å²) in [5.41, 5.74) is 1.10. The Labute approximate surface area is 167 Å². The number of methoxy groups -OCH3 is 2. The first-order valence-corrected chi connectivity index (χ1v) is 8.88. The van der Waals surface area contributed by atoms with Gasteiger partial charge in [-0.3, -0.25) is 9.59 Å². The maximum atomic E-state index is 13.0. The number of ether oxygens (including phenoxy) is 3. The molecule has 150 valence electrons. The average Bonchev–Trinajstić information content (AvgIpc) is 2.68. The second kappa shape index (κ2) is 9.94. The predicted molar refractivity (Wildman–Crippen MR) is 103 cm³/mol. The predicted octanol–water partition coefficient (Wildman–Crippen LogP) is 4.00. The molecular weight excluding hydrogens is 389 g/mol. The van der Waals surface area contributed by atoms with Gasteiger partial charge in [0.25, 0.3) is 5.91 Å². The van der Waals surface area contributed by atoms with E-state index in [1.54, 1.807) is 19.2 Å². The molecule has 0 unspecified atom stereocenters. The molecule has 0 heterocycles. The minimum absolute atomic E-state index is 0.0559. The molecule has 8 heteroatoms. The second-order valence-electron chi connectivity index (χ2n) is 5.93. The molecule has 28 heavy (non-hydrogen) atoms. The normalized spacial score (nSPS) is 11.5. The van der Waals surface area contributed by atoms with Gasteiger partial charge in [0.05, 0.1) is 24.9 Å². The van der Waals surface area contributed by atoms with Crippen LogP contribution in [0.25, 0.3) is 0 Å². The van der Waals surface area contributed by atoms with Crippen molar-refractivity contribution in [2.24, 2.45) is 0 Å². The summed E-state index contributed by atoms with van der Waals surface area (Å²) in [6.45, 7) is 1.45. The standard InChI is InChI=1S/C20H21ClFNO5/c1-12(20(25)23-16-7-6-14(22)11-15(16)21)28-19(24)9-5-13-4-8-17(26-2)18(10-13)27-3/h4,6-8,10-12H,5,9H2,1-3H3,(H,23,25)/t12-/m1/s1. The summed E-state index contributed by atoms with van der Waals surface area (Å²) >= 11 is 5.87. The number of hydrogen-bond acceptors (Lipinski definition) is 5. The van der Waals surface area contributed by atoms with Crippen LogP contribution in [-0.4, -0.2) is 32.2 Å². The lowest BCUT2D eigenvalue weighted by Gasteiger charge is -2.14. The molecule has 0 aliphatic carbocycles. The third-order valence-electron chi connectivity index (χ3n) is 3.93. The van der Waals surface area contributed by atoms with Gasteiger partial charge in [-0.25, -0.2) is 4.39 Å². The van der Waals surface area contributed by atoms with Crippen LogP contribution in [0.15, 0.2) is 36.4 Å². The van der Waals surface area contributed by atoms with E-state index in [4.69, 9.17) is 25.8 Å². The molecule has 1 N–H and O–H groups in total. The Bertz CT molecular complexity index is 858. The summed E-state index contributed by atoms with van der Waals surface area (Å²) in [5, 5.41) is 2.55. The fourth-order valence-corrected chi connectivity index (χ4v) is 2.63. The summed E-state index contributed by atoms with van der Waals surface area (Å²) < 4.78 is 28.6. The van der Waals surface area contributed by atoms with E-state index in [1.807, 2.05) is 6.07 Å². The Kier molecular flexibility index (Phi) is 7.63. The highest BCUT2D eigenvalue weighted by molar-refractivity contribution is 6.33. The third-order valence-corrected chi connectivity index (χ3v) is 4.24. The molecule has 0 bridgehead atoms. The fraction of sp³-hybridized carbons (Fsp3) is 0.300. The largest absolute Gasteiger partial charge is 0.493 e. The lowest BCUT2D eigenvalue weighted by molar-refractivity contribution is -0.153. The van der Waals surface area contributed by atoms with Crippen molar-refractivity contribution in [2.45, 2.75) is 25.9 Å². The van der Waals surface area contributed by atoms with E-state index in [9.17, 15) is 14.0 Å². The lowest BCUT2D eigenvalue weighted by Crippen LogP contribution is -2.30. The van der Waals surface area contributed by atoms with Crippen molar-refractivity contribution in [1.29, 1.82) is 0 Å². The van der Waals surface area contributed by atoms with Crippen LogP contribution >= 0.6 is 11.6 Å². The molecule has 2 aromatic carbocycles. The molecule has 0 fully saturated rings. The molecule has 0 aliphatic rings. The van der Waals surface area contributed by atoms with Gasteiger partial charge in [0.15, 0.2) is 17.6 Å². The SMILES string of the molecule is COc1ccc(CCC(=O)O[C@H](C)C(=O)Nc2ccc(F)cc2Cl)cc1OC. The number of anilines is 1. The number of rotatable bonds is 8. The smallest absolute Gasteiger partial charge is 0.306 e. The number of halogens is 2. The molecule has 0 aromatic heterocycles. The van der Waals surface area contributed by atoms with Crippen LogP contribution in [-0.2, 0) is 20.7 Å². The Balaban J connectivity index is 1.87. The average molecular weight is 410 g/mol. The van der Waals surface area contributed by atoms with Gasteiger partial charge in [-0.1, -0.05) is 17.7 Å². The van der Waals surface area contributed by atoms with Crippen molar-refractivity contribution in [3.63, 3.8) is 0 Å². The molecule has 0 aliphatic heterocycles. The number of aryl methyl sites for hydroxylation is 1. The van der Waals surface area contributed by atoms with Crippen LogP contribution in [0.3, 0.4) is 0 Å². The van der Waals surface area contributed by atoms with E-state index in [0.717, 1.165) is 11.6 Å². The van der Waals surface area contributed by atoms with Crippen molar-refractivity contribution < 1.29 is 28.2 Å². The number of amides is 1. The minimum Gasteiger partial charge on any atom is -0.493 e. The molecule has 0 saturated heterocycles. The third kappa shape index (κ3) is 5.85. The molecule has 0 spiro atoms. The monoisotopic (exact) mass is 409 g/mol. The van der Waals surface area contributed by atoms with Crippen molar-refractivity contribution in [3.8, 4) is 11.5 Å². The maximum Gasteiger partial charge on any atom is 0.306 e. The summed E-state index contributed by atoms with van der Waals surface area (Å²) in [7, 11) is 3.07. The van der Waals surface area contributed by atoms with Gasteiger partial charge in [0, 0.05) is 6.42 Å². The van der Waals surface area contributed by atoms with Gasteiger partial charge >= 0.3 is 5.97 Å². The van der Waals surface area contributed by atoms with E-state index in [0.29, 0.717) is 17.9 Å². The number of carbonyl (C=O) groups excluding carboxylic acids is 2. The van der Waals surface area contributed by atoms with E-state index in [1.165, 1.54) is 26.2 Å². The lowest BCUT2D eigenvalue weighted by atomic mass is 10.1. The molecule has 2 rings (SSSR count). The summed E-state index contributed by atoms with van der Waals surface area (Å²) in [4.78, 5) is 24.2. The van der Waals surface area contributed by atoms with Gasteiger partial charge in [0.1, 0.15) is 5.82 Å². The Hall–Kier alpha value is -2.80. The molecule has 6 nitrogen and oxygen atoms in total. The number of benzene rings is 2. The minimum atomic E-state index is -1.03. The van der Waals surface area contributed by atoms with Gasteiger partial charge in [-0.05, 0) is 49.2 Å². The zero-order chi connectivity index (χ0) is 20.7. The Morgan fingerprint density at radius 2 is 1.82 bits per heavy atom. The molecule has 2 aromatic rings. The van der Waals surface area contributed by atoms with Crippen molar-refractivity contribution >= 4 is 29.2 Å². The van der Waals surface area contributed by atoms with Crippen LogP contribution in [0.2, 0.25) is 5.02 Å². The van der Waals surface area contributed by atoms with Crippen LogP contribution < -0.4 is 14.8 Å². The van der Waals surface area contributed by atoms with Crippen molar-refractivity contribution in [1.82, 2.24) is 0 Å². The fourth-order valence-electron chi connectivity index (χ4n) is 2.42. The Morgan fingerprint density at radius 3 is 2.46 bits per heavy atom. The van der Waals surface area contributed by atoms with Crippen LogP contribution in [0.4, 0.5) is 10.1 Å². The first-order valence-electron chi connectivity index (χ1n) is 8.50. The van der Waals surface area contributed by atoms with E-state index >= 15 is 0 Å². The van der Waals surface area contributed by atoms with Crippen molar-refractivity contribution in [3.05, 3.63) is 52.8 Å². The van der Waals surface area contributed by atoms with Crippen LogP contribution in [0.1, 0.15) is 18.9 Å². The molecule has 0 radical (unpaired) electrons. The molecular formula is C20H21ClFNO5. The maximum absolute atomic E-state index is 13.0. The number of esters is 1. The number of nitrogens with one attached hydrogen (secondary N) is 1. The Morgan fingerprint density at radius 1 is 1.11 bits per heavy atom. The second-order valence-corrected chi connectivity index (χ2v) is 6.34. The first kappa shape index (κ1) is 21.5. The molecule has 1 amide bonds. The highest BCUT2D eigenvalue weighted by atomic mass is 35.5. The van der Waals surface area contributed by atoms with E-state index in [2.05, 4.69) is 5.32 Å². The topological polar surface area (TPSA) is 73.9 Å². The van der Waals surface area contributed by atoms with E-state index < -0.39 is 23.8 Å². The van der Waals surface area contributed by atoms with Crippen molar-refractivity contribution in [2.75, 3.05) is 19.5 Å². The van der Waals surface area contributed by atoms with Gasteiger partial charge in [-0.2, -0.15) is 0 Å². The first-order chi connectivity index (χ1) is 13.3.